The maximum atomic E-state index is 10.8. The number of para-hydroxylation sites is 2. The predicted octanol–water partition coefficient (Wildman–Crippen LogP) is 3.53. The Bertz CT molecular complexity index is 1140. The Morgan fingerprint density at radius 1 is 1.21 bits per heavy atom. The van der Waals surface area contributed by atoms with E-state index in [0.29, 0.717) is 33.9 Å². The lowest BCUT2D eigenvalue weighted by molar-refractivity contribution is -0.384. The van der Waals surface area contributed by atoms with Gasteiger partial charge >= 0.3 is 0 Å². The molecule has 0 aliphatic heterocycles. The topological polar surface area (TPSA) is 122 Å². The van der Waals surface area contributed by atoms with E-state index >= 15 is 0 Å². The van der Waals surface area contributed by atoms with Gasteiger partial charge in [-0.05, 0) is 24.3 Å². The van der Waals surface area contributed by atoms with Crippen molar-refractivity contribution in [2.75, 3.05) is 7.11 Å². The predicted molar refractivity (Wildman–Crippen MR) is 104 cm³/mol. The summed E-state index contributed by atoms with van der Waals surface area (Å²) in [6, 6.07) is 13.5. The van der Waals surface area contributed by atoms with Gasteiger partial charge in [-0.15, -0.1) is 10.2 Å². The Morgan fingerprint density at radius 2 is 2.00 bits per heavy atom. The van der Waals surface area contributed by atoms with E-state index in [9.17, 15) is 10.1 Å². The molecular weight excluding hydrogens is 396 g/mol. The Labute approximate surface area is 168 Å². The maximum absolute atomic E-state index is 10.8. The molecule has 4 aromatic rings. The van der Waals surface area contributed by atoms with Crippen molar-refractivity contribution in [3.8, 4) is 22.8 Å². The van der Waals surface area contributed by atoms with Gasteiger partial charge in [-0.25, -0.2) is 0 Å². The molecule has 0 amide bonds. The highest BCUT2D eigenvalue weighted by molar-refractivity contribution is 7.98. The van der Waals surface area contributed by atoms with Crippen LogP contribution in [0.3, 0.4) is 0 Å². The standard InChI is InChI=1S/C18H14N6O4S/c1-27-15-5-3-2-4-14(15)23-11-19-21-18(23)29-10-16-20-17(22-28-16)12-6-8-13(9-7-12)24(25)26/h2-9,11H,10H2,1H3. The third-order valence-electron chi connectivity index (χ3n) is 3.99. The van der Waals surface area contributed by atoms with E-state index in [1.807, 2.05) is 28.8 Å². The van der Waals surface area contributed by atoms with E-state index < -0.39 is 4.92 Å². The Kier molecular flexibility index (Phi) is 5.20. The number of benzene rings is 2. The number of hydrogen-bond acceptors (Lipinski definition) is 9. The number of nitro groups is 1. The highest BCUT2D eigenvalue weighted by Gasteiger charge is 2.15. The average molecular weight is 410 g/mol. The van der Waals surface area contributed by atoms with Crippen molar-refractivity contribution in [3.05, 3.63) is 70.9 Å². The number of nitrogens with zero attached hydrogens (tertiary/aromatic N) is 6. The minimum absolute atomic E-state index is 0.00343. The minimum atomic E-state index is -0.458. The lowest BCUT2D eigenvalue weighted by Crippen LogP contribution is -1.98. The van der Waals surface area contributed by atoms with E-state index in [4.69, 9.17) is 9.26 Å². The summed E-state index contributed by atoms with van der Waals surface area (Å²) in [5, 5.41) is 23.5. The summed E-state index contributed by atoms with van der Waals surface area (Å²) in [5.74, 6) is 1.85. The molecule has 2 aromatic carbocycles. The molecule has 0 saturated carbocycles. The summed E-state index contributed by atoms with van der Waals surface area (Å²) >= 11 is 1.38. The average Bonchev–Trinajstić information content (AvgIpc) is 3.41. The van der Waals surface area contributed by atoms with Gasteiger partial charge in [0.1, 0.15) is 12.1 Å². The molecule has 11 heteroatoms. The third-order valence-corrected chi connectivity index (χ3v) is 4.92. The summed E-state index contributed by atoms with van der Waals surface area (Å²) in [6.07, 6.45) is 1.61. The molecule has 0 saturated heterocycles. The van der Waals surface area contributed by atoms with Gasteiger partial charge in [0.25, 0.3) is 5.69 Å². The van der Waals surface area contributed by atoms with E-state index in [1.54, 1.807) is 25.6 Å². The van der Waals surface area contributed by atoms with Crippen molar-refractivity contribution >= 4 is 17.4 Å². The summed E-state index contributed by atoms with van der Waals surface area (Å²) in [4.78, 5) is 14.6. The van der Waals surface area contributed by atoms with Crippen LogP contribution in [0.2, 0.25) is 0 Å². The summed E-state index contributed by atoms with van der Waals surface area (Å²) in [5.41, 5.74) is 1.45. The smallest absolute Gasteiger partial charge is 0.269 e. The fourth-order valence-corrected chi connectivity index (χ4v) is 3.37. The molecule has 0 fully saturated rings. The zero-order valence-electron chi connectivity index (χ0n) is 15.1. The van der Waals surface area contributed by atoms with Crippen molar-refractivity contribution in [2.24, 2.45) is 0 Å². The highest BCUT2D eigenvalue weighted by Crippen LogP contribution is 2.28. The van der Waals surface area contributed by atoms with E-state index in [0.717, 1.165) is 5.69 Å². The Balaban J connectivity index is 1.49. The van der Waals surface area contributed by atoms with Crippen LogP contribution in [0.4, 0.5) is 5.69 Å². The first-order valence-electron chi connectivity index (χ1n) is 8.39. The molecule has 0 aliphatic carbocycles. The fourth-order valence-electron chi connectivity index (χ4n) is 2.61. The van der Waals surface area contributed by atoms with E-state index in [1.165, 1.54) is 23.9 Å². The van der Waals surface area contributed by atoms with Gasteiger partial charge < -0.3 is 9.26 Å². The van der Waals surface area contributed by atoms with E-state index in [-0.39, 0.29) is 5.69 Å². The maximum Gasteiger partial charge on any atom is 0.269 e. The number of nitro benzene ring substituents is 1. The molecule has 0 spiro atoms. The number of rotatable bonds is 7. The second-order valence-corrected chi connectivity index (χ2v) is 6.70. The summed E-state index contributed by atoms with van der Waals surface area (Å²) in [7, 11) is 1.61. The first-order chi connectivity index (χ1) is 14.2. The van der Waals surface area contributed by atoms with Gasteiger partial charge in [0.15, 0.2) is 5.16 Å². The molecule has 0 bridgehead atoms. The quantitative estimate of drug-likeness (QED) is 0.256. The zero-order chi connectivity index (χ0) is 20.2. The lowest BCUT2D eigenvalue weighted by atomic mass is 10.2. The first kappa shape index (κ1) is 18.6. The number of thioether (sulfide) groups is 1. The van der Waals surface area contributed by atoms with E-state index in [2.05, 4.69) is 20.3 Å². The lowest BCUT2D eigenvalue weighted by Gasteiger charge is -2.10. The molecular formula is C18H14N6O4S. The van der Waals surface area contributed by atoms with Gasteiger partial charge in [-0.2, -0.15) is 4.98 Å². The molecule has 10 nitrogen and oxygen atoms in total. The molecule has 0 unspecified atom stereocenters. The molecule has 0 N–H and O–H groups in total. The van der Waals surface area contributed by atoms with Crippen LogP contribution in [-0.2, 0) is 5.75 Å². The van der Waals surface area contributed by atoms with Crippen molar-refractivity contribution in [2.45, 2.75) is 10.9 Å². The second-order valence-electron chi connectivity index (χ2n) is 5.76. The fraction of sp³-hybridized carbons (Fsp3) is 0.111. The van der Waals surface area contributed by atoms with Crippen molar-refractivity contribution in [1.29, 1.82) is 0 Å². The number of ether oxygens (including phenoxy) is 1. The SMILES string of the molecule is COc1ccccc1-n1cnnc1SCc1nc(-c2ccc([N+](=O)[O-])cc2)no1. The first-order valence-corrected chi connectivity index (χ1v) is 9.38. The molecule has 29 heavy (non-hydrogen) atoms. The molecule has 146 valence electrons. The third kappa shape index (κ3) is 3.94. The highest BCUT2D eigenvalue weighted by atomic mass is 32.2. The molecule has 2 heterocycles. The molecule has 4 rings (SSSR count). The Morgan fingerprint density at radius 3 is 2.76 bits per heavy atom. The largest absolute Gasteiger partial charge is 0.495 e. The van der Waals surface area contributed by atoms with Crippen LogP contribution in [0.25, 0.3) is 17.1 Å². The van der Waals surface area contributed by atoms with Gasteiger partial charge in [-0.3, -0.25) is 14.7 Å². The number of non-ortho nitro benzene ring substituents is 1. The summed E-state index contributed by atoms with van der Waals surface area (Å²) in [6.45, 7) is 0. The van der Waals surface area contributed by atoms with Crippen LogP contribution in [-0.4, -0.2) is 36.9 Å². The minimum Gasteiger partial charge on any atom is -0.495 e. The van der Waals surface area contributed by atoms with Crippen LogP contribution in [0.1, 0.15) is 5.89 Å². The number of methoxy groups -OCH3 is 1. The van der Waals surface area contributed by atoms with Crippen LogP contribution >= 0.6 is 11.8 Å². The molecule has 0 atom stereocenters. The molecule has 2 aromatic heterocycles. The molecule has 0 radical (unpaired) electrons. The van der Waals surface area contributed by atoms with Crippen LogP contribution in [0.5, 0.6) is 5.75 Å². The van der Waals surface area contributed by atoms with Crippen LogP contribution in [0, 0.1) is 10.1 Å². The normalized spacial score (nSPS) is 10.8. The van der Waals surface area contributed by atoms with Crippen molar-refractivity contribution in [3.63, 3.8) is 0 Å². The molecule has 0 aliphatic rings. The number of hydrogen-bond donors (Lipinski definition) is 0. The zero-order valence-corrected chi connectivity index (χ0v) is 15.9. The second kappa shape index (κ2) is 8.10. The van der Waals surface area contributed by atoms with Crippen molar-refractivity contribution in [1.82, 2.24) is 24.9 Å². The van der Waals surface area contributed by atoms with Gasteiger partial charge in [0.05, 0.1) is 23.5 Å². The van der Waals surface area contributed by atoms with Gasteiger partial charge in [0.2, 0.25) is 11.7 Å². The van der Waals surface area contributed by atoms with Gasteiger partial charge in [-0.1, -0.05) is 29.1 Å². The number of aromatic nitrogens is 5. The van der Waals surface area contributed by atoms with Gasteiger partial charge in [0, 0.05) is 17.7 Å². The Hall–Kier alpha value is -3.73. The van der Waals surface area contributed by atoms with Crippen molar-refractivity contribution < 1.29 is 14.2 Å². The van der Waals surface area contributed by atoms with Crippen LogP contribution < -0.4 is 4.74 Å². The monoisotopic (exact) mass is 410 g/mol. The summed E-state index contributed by atoms with van der Waals surface area (Å²) < 4.78 is 12.5. The van der Waals surface area contributed by atoms with Crippen LogP contribution in [0.15, 0.2) is 64.5 Å².